The van der Waals surface area contributed by atoms with Crippen LogP contribution in [-0.4, -0.2) is 36.7 Å². The van der Waals surface area contributed by atoms with Gasteiger partial charge in [0, 0.05) is 22.6 Å². The van der Waals surface area contributed by atoms with E-state index in [1.165, 1.54) is 18.4 Å². The Bertz CT molecular complexity index is 650. The molecule has 5 nitrogen and oxygen atoms in total. The van der Waals surface area contributed by atoms with Gasteiger partial charge in [0.25, 0.3) is 5.91 Å². The van der Waals surface area contributed by atoms with Crippen molar-refractivity contribution in [1.82, 2.24) is 5.32 Å². The van der Waals surface area contributed by atoms with Crippen LogP contribution in [0.2, 0.25) is 0 Å². The van der Waals surface area contributed by atoms with E-state index in [0.717, 1.165) is 15.6 Å². The topological polar surface area (TPSA) is 75.6 Å². The molecule has 20 heavy (non-hydrogen) atoms. The highest BCUT2D eigenvalue weighted by atomic mass is 32.1. The van der Waals surface area contributed by atoms with Crippen LogP contribution in [0.15, 0.2) is 23.6 Å². The quantitative estimate of drug-likeness (QED) is 0.884. The van der Waals surface area contributed by atoms with Crippen molar-refractivity contribution in [3.8, 4) is 0 Å². The summed E-state index contributed by atoms with van der Waals surface area (Å²) in [6, 6.07) is 4.76. The number of aliphatic carboxylic acids is 1. The second-order valence-electron chi connectivity index (χ2n) is 4.47. The van der Waals surface area contributed by atoms with Crippen LogP contribution in [0.3, 0.4) is 0 Å². The number of ether oxygens (including phenoxy) is 1. The first-order valence-corrected chi connectivity index (χ1v) is 6.91. The van der Waals surface area contributed by atoms with Crippen molar-refractivity contribution < 1.29 is 19.4 Å². The van der Waals surface area contributed by atoms with E-state index in [-0.39, 0.29) is 6.61 Å². The summed E-state index contributed by atoms with van der Waals surface area (Å²) < 4.78 is 5.80. The second-order valence-corrected chi connectivity index (χ2v) is 5.38. The average molecular weight is 293 g/mol. The fourth-order valence-electron chi connectivity index (χ4n) is 1.89. The summed E-state index contributed by atoms with van der Waals surface area (Å²) in [7, 11) is 1.39. The molecule has 1 aromatic heterocycles. The fourth-order valence-corrected chi connectivity index (χ4v) is 2.93. The predicted octanol–water partition coefficient (Wildman–Crippen LogP) is 2.04. The van der Waals surface area contributed by atoms with Crippen molar-refractivity contribution in [3.63, 3.8) is 0 Å². The van der Waals surface area contributed by atoms with Gasteiger partial charge in [-0.3, -0.25) is 4.79 Å². The molecule has 1 aromatic carbocycles. The molecule has 1 unspecified atom stereocenters. The van der Waals surface area contributed by atoms with Gasteiger partial charge in [0.15, 0.2) is 6.04 Å². The SMILES string of the molecule is COCC(NC(=O)c1csc2cc(C)ccc12)C(=O)O. The smallest absolute Gasteiger partial charge is 0.328 e. The molecule has 2 aromatic rings. The number of carboxylic acid groups (broad SMARTS) is 1. The zero-order chi connectivity index (χ0) is 14.7. The maximum atomic E-state index is 12.2. The standard InChI is InChI=1S/C14H15NO4S/c1-8-3-4-9-10(7-20-12(9)5-8)13(16)15-11(6-19-2)14(17)18/h3-5,7,11H,6H2,1-2H3,(H,15,16)(H,17,18). The number of amides is 1. The summed E-state index contributed by atoms with van der Waals surface area (Å²) in [5, 5.41) is 14.1. The Morgan fingerprint density at radius 2 is 2.20 bits per heavy atom. The second kappa shape index (κ2) is 6.02. The number of aryl methyl sites for hydroxylation is 1. The summed E-state index contributed by atoms with van der Waals surface area (Å²) in [4.78, 5) is 23.2. The molecule has 0 bridgehead atoms. The van der Waals surface area contributed by atoms with E-state index in [1.807, 2.05) is 25.1 Å². The molecule has 106 valence electrons. The van der Waals surface area contributed by atoms with E-state index in [1.54, 1.807) is 5.38 Å². The van der Waals surface area contributed by atoms with Crippen LogP contribution in [0, 0.1) is 6.92 Å². The third-order valence-electron chi connectivity index (χ3n) is 2.91. The normalized spacial score (nSPS) is 12.3. The van der Waals surface area contributed by atoms with Crippen LogP contribution < -0.4 is 5.32 Å². The molecule has 0 saturated heterocycles. The highest BCUT2D eigenvalue weighted by Crippen LogP contribution is 2.26. The van der Waals surface area contributed by atoms with Crippen molar-refractivity contribution in [1.29, 1.82) is 0 Å². The molecule has 0 aliphatic carbocycles. The lowest BCUT2D eigenvalue weighted by molar-refractivity contribution is -0.140. The molecule has 6 heteroatoms. The third kappa shape index (κ3) is 2.97. The molecular weight excluding hydrogens is 278 g/mol. The van der Waals surface area contributed by atoms with Crippen molar-refractivity contribution in [2.24, 2.45) is 0 Å². The lowest BCUT2D eigenvalue weighted by Gasteiger charge is -2.13. The van der Waals surface area contributed by atoms with Gasteiger partial charge in [0.2, 0.25) is 0 Å². The largest absolute Gasteiger partial charge is 0.480 e. The van der Waals surface area contributed by atoms with Gasteiger partial charge >= 0.3 is 5.97 Å². The zero-order valence-corrected chi connectivity index (χ0v) is 12.0. The van der Waals surface area contributed by atoms with Crippen molar-refractivity contribution in [2.45, 2.75) is 13.0 Å². The molecular formula is C14H15NO4S. The molecule has 0 spiro atoms. The zero-order valence-electron chi connectivity index (χ0n) is 11.2. The van der Waals surface area contributed by atoms with E-state index in [2.05, 4.69) is 5.32 Å². The van der Waals surface area contributed by atoms with Crippen molar-refractivity contribution in [3.05, 3.63) is 34.7 Å². The number of rotatable bonds is 5. The first kappa shape index (κ1) is 14.5. The Labute approximate surface area is 120 Å². The molecule has 0 aliphatic heterocycles. The Hall–Kier alpha value is -1.92. The first-order chi connectivity index (χ1) is 9.52. The van der Waals surface area contributed by atoms with Gasteiger partial charge in [0.1, 0.15) is 0 Å². The van der Waals surface area contributed by atoms with E-state index in [9.17, 15) is 9.59 Å². The fraction of sp³-hybridized carbons (Fsp3) is 0.286. The molecule has 0 aliphatic rings. The molecule has 1 atom stereocenters. The summed E-state index contributed by atoms with van der Waals surface area (Å²) in [5.41, 5.74) is 1.61. The molecule has 1 amide bonds. The van der Waals surface area contributed by atoms with E-state index < -0.39 is 17.9 Å². The number of hydrogen-bond donors (Lipinski definition) is 2. The van der Waals surface area contributed by atoms with Crippen molar-refractivity contribution in [2.75, 3.05) is 13.7 Å². The number of carbonyl (C=O) groups excluding carboxylic acids is 1. The van der Waals surface area contributed by atoms with Gasteiger partial charge in [-0.25, -0.2) is 4.79 Å². The summed E-state index contributed by atoms with van der Waals surface area (Å²) >= 11 is 1.47. The Morgan fingerprint density at radius 1 is 1.45 bits per heavy atom. The molecule has 0 radical (unpaired) electrons. The van der Waals surface area contributed by atoms with Gasteiger partial charge in [0.05, 0.1) is 12.2 Å². The predicted molar refractivity (Wildman–Crippen MR) is 77.3 cm³/mol. The van der Waals surface area contributed by atoms with Crippen LogP contribution in [0.1, 0.15) is 15.9 Å². The maximum absolute atomic E-state index is 12.2. The van der Waals surface area contributed by atoms with Crippen LogP contribution >= 0.6 is 11.3 Å². The van der Waals surface area contributed by atoms with Crippen LogP contribution in [0.4, 0.5) is 0 Å². The lowest BCUT2D eigenvalue weighted by Crippen LogP contribution is -2.43. The van der Waals surface area contributed by atoms with Gasteiger partial charge in [-0.15, -0.1) is 11.3 Å². The van der Waals surface area contributed by atoms with Crippen LogP contribution in [-0.2, 0) is 9.53 Å². The summed E-state index contributed by atoms with van der Waals surface area (Å²) in [6.07, 6.45) is 0. The number of methoxy groups -OCH3 is 1. The first-order valence-electron chi connectivity index (χ1n) is 6.03. The number of nitrogens with one attached hydrogen (secondary N) is 1. The highest BCUT2D eigenvalue weighted by molar-refractivity contribution is 7.17. The Morgan fingerprint density at radius 3 is 2.85 bits per heavy atom. The number of carbonyl (C=O) groups is 2. The number of carboxylic acids is 1. The molecule has 1 heterocycles. The van der Waals surface area contributed by atoms with Crippen LogP contribution in [0.5, 0.6) is 0 Å². The van der Waals surface area contributed by atoms with E-state index in [4.69, 9.17) is 9.84 Å². The molecule has 0 saturated carbocycles. The Balaban J connectivity index is 2.25. The van der Waals surface area contributed by atoms with Crippen molar-refractivity contribution >= 4 is 33.3 Å². The molecule has 2 N–H and O–H groups in total. The highest BCUT2D eigenvalue weighted by Gasteiger charge is 2.22. The minimum Gasteiger partial charge on any atom is -0.480 e. The number of hydrogen-bond acceptors (Lipinski definition) is 4. The van der Waals surface area contributed by atoms with E-state index in [0.29, 0.717) is 5.56 Å². The van der Waals surface area contributed by atoms with Gasteiger partial charge in [-0.1, -0.05) is 12.1 Å². The Kier molecular flexibility index (Phi) is 4.36. The summed E-state index contributed by atoms with van der Waals surface area (Å²) in [6.45, 7) is 1.92. The minimum atomic E-state index is -1.12. The van der Waals surface area contributed by atoms with Gasteiger partial charge in [-0.05, 0) is 18.6 Å². The number of fused-ring (bicyclic) bond motifs is 1. The lowest BCUT2D eigenvalue weighted by atomic mass is 10.1. The van der Waals surface area contributed by atoms with Crippen LogP contribution in [0.25, 0.3) is 10.1 Å². The number of benzene rings is 1. The minimum absolute atomic E-state index is 0.0672. The average Bonchev–Trinajstić information content (AvgIpc) is 2.80. The number of thiophene rings is 1. The molecule has 0 fully saturated rings. The molecule has 2 rings (SSSR count). The van der Waals surface area contributed by atoms with Gasteiger partial charge < -0.3 is 15.2 Å². The third-order valence-corrected chi connectivity index (χ3v) is 3.86. The van der Waals surface area contributed by atoms with E-state index >= 15 is 0 Å². The monoisotopic (exact) mass is 293 g/mol. The maximum Gasteiger partial charge on any atom is 0.328 e. The summed E-state index contributed by atoms with van der Waals surface area (Å²) in [5.74, 6) is -1.51. The van der Waals surface area contributed by atoms with Gasteiger partial charge in [-0.2, -0.15) is 0 Å².